The second kappa shape index (κ2) is 13.9. The van der Waals surface area contributed by atoms with Gasteiger partial charge in [0.25, 0.3) is 17.7 Å². The first-order chi connectivity index (χ1) is 24.3. The van der Waals surface area contributed by atoms with Crippen LogP contribution in [-0.4, -0.2) is 146 Å². The Kier molecular flexibility index (Phi) is 10.0. The molecule has 4 heterocycles. The van der Waals surface area contributed by atoms with Gasteiger partial charge in [-0.05, 0) is 26.0 Å². The van der Waals surface area contributed by atoms with Gasteiger partial charge in [-0.15, -0.1) is 11.3 Å². The first-order valence-corrected chi connectivity index (χ1v) is 16.8. The van der Waals surface area contributed by atoms with Gasteiger partial charge in [0.15, 0.2) is 22.3 Å². The largest absolute Gasteiger partial charge is 0.504 e. The summed E-state index contributed by atoms with van der Waals surface area (Å²) in [7, 11) is 0. The number of oxime groups is 1. The number of anilines is 1. The number of halogens is 1. The van der Waals surface area contributed by atoms with Crippen molar-refractivity contribution in [2.75, 3.05) is 31.9 Å². The predicted molar refractivity (Wildman–Crippen MR) is 176 cm³/mol. The summed E-state index contributed by atoms with van der Waals surface area (Å²) in [5.74, 6) is -8.45. The number of phenols is 2. The average Bonchev–Trinajstić information content (AvgIpc) is 3.78. The number of aromatic nitrogens is 1. The highest BCUT2D eigenvalue weighted by Crippen LogP contribution is 2.49. The van der Waals surface area contributed by atoms with Gasteiger partial charge >= 0.3 is 18.0 Å². The number of hydrogen-bond donors (Lipinski definition) is 8. The monoisotopic (exact) mass is 785 g/mol. The lowest BCUT2D eigenvalue weighted by Crippen LogP contribution is -2.68. The van der Waals surface area contributed by atoms with Crippen LogP contribution in [0, 0.1) is 0 Å². The quantitative estimate of drug-likeness (QED) is 0.0414. The van der Waals surface area contributed by atoms with Gasteiger partial charge in [-0.25, -0.2) is 29.4 Å². The lowest BCUT2D eigenvalue weighted by molar-refractivity contribution is -0.161. The third-order valence-corrected chi connectivity index (χ3v) is 10.6. The molecule has 5 rings (SSSR count). The number of nitrogens with two attached hydrogens (primary N) is 1. The number of nitrogens with zero attached hydrogens (tertiary/aromatic N) is 6. The number of phenolic OH excluding ortho intramolecular Hbond substituents is 2. The van der Waals surface area contributed by atoms with Gasteiger partial charge < -0.3 is 41.2 Å². The molecule has 0 bridgehead atoms. The summed E-state index contributed by atoms with van der Waals surface area (Å²) in [5.41, 5.74) is 4.90. The van der Waals surface area contributed by atoms with Crippen molar-refractivity contribution in [1.82, 2.24) is 35.6 Å². The average molecular weight is 786 g/mol. The molecule has 3 atom stereocenters. The highest BCUT2D eigenvalue weighted by atomic mass is 35.5. The number of hydroxylamine groups is 2. The van der Waals surface area contributed by atoms with Crippen LogP contribution in [0.2, 0.25) is 5.02 Å². The van der Waals surface area contributed by atoms with Crippen molar-refractivity contribution in [3.63, 3.8) is 0 Å². The van der Waals surface area contributed by atoms with Crippen molar-refractivity contribution in [3.8, 4) is 11.5 Å². The second-order valence-corrected chi connectivity index (χ2v) is 14.4. The van der Waals surface area contributed by atoms with Crippen LogP contribution in [-0.2, 0) is 28.8 Å². The minimum Gasteiger partial charge on any atom is -0.504 e. The molecule has 25 heteroatoms. The number of benzene rings is 1. The number of carboxylic acid groups (broad SMARTS) is 2. The molecular weight excluding hydrogens is 758 g/mol. The van der Waals surface area contributed by atoms with Crippen LogP contribution in [0.3, 0.4) is 0 Å². The van der Waals surface area contributed by atoms with Crippen molar-refractivity contribution in [2.24, 2.45) is 5.16 Å². The number of aromatic hydroxyl groups is 2. The molecule has 0 radical (unpaired) electrons. The van der Waals surface area contributed by atoms with E-state index in [1.165, 1.54) is 19.2 Å². The summed E-state index contributed by atoms with van der Waals surface area (Å²) >= 11 is 7.45. The summed E-state index contributed by atoms with van der Waals surface area (Å²) in [5, 5.41) is 55.7. The van der Waals surface area contributed by atoms with Crippen LogP contribution in [0.15, 0.2) is 22.7 Å². The maximum atomic E-state index is 13.4. The number of fused-ring (bicyclic) bond motifs is 1. The number of thioether (sulfide) groups is 1. The van der Waals surface area contributed by atoms with E-state index in [0.29, 0.717) is 11.8 Å². The topological polar surface area (TPSA) is 318 Å². The van der Waals surface area contributed by atoms with Gasteiger partial charge in [0.05, 0.1) is 23.7 Å². The fourth-order valence-corrected chi connectivity index (χ4v) is 7.47. The zero-order valence-electron chi connectivity index (χ0n) is 26.7. The molecule has 2 aromatic rings. The highest BCUT2D eigenvalue weighted by Gasteiger charge is 2.66. The molecule has 278 valence electrons. The second-order valence-electron chi connectivity index (χ2n) is 11.7. The highest BCUT2D eigenvalue weighted by molar-refractivity contribution is 8.02. The lowest BCUT2D eigenvalue weighted by Gasteiger charge is -2.41. The lowest BCUT2D eigenvalue weighted by atomic mass is 10.1. The van der Waals surface area contributed by atoms with E-state index in [2.05, 4.69) is 20.9 Å². The van der Waals surface area contributed by atoms with Gasteiger partial charge in [0.1, 0.15) is 23.7 Å². The van der Waals surface area contributed by atoms with E-state index in [1.807, 2.05) is 0 Å². The van der Waals surface area contributed by atoms with E-state index >= 15 is 0 Å². The Morgan fingerprint density at radius 3 is 2.50 bits per heavy atom. The van der Waals surface area contributed by atoms with E-state index in [-0.39, 0.29) is 29.0 Å². The number of urea groups is 1. The molecule has 9 N–H and O–H groups in total. The number of thiazole rings is 1. The van der Waals surface area contributed by atoms with Gasteiger partial charge in [0, 0.05) is 11.9 Å². The maximum absolute atomic E-state index is 13.4. The van der Waals surface area contributed by atoms with Gasteiger partial charge in [-0.2, -0.15) is 0 Å². The number of aliphatic carboxylic acids is 2. The van der Waals surface area contributed by atoms with Gasteiger partial charge in [0.2, 0.25) is 16.4 Å². The van der Waals surface area contributed by atoms with Crippen LogP contribution in [0.4, 0.5) is 9.93 Å². The number of hydrazine groups is 1. The molecule has 22 nitrogen and oxygen atoms in total. The molecular formula is C27H28ClN9O13S2. The van der Waals surface area contributed by atoms with Crippen molar-refractivity contribution >= 4 is 87.1 Å². The number of amides is 6. The van der Waals surface area contributed by atoms with E-state index in [4.69, 9.17) is 22.2 Å². The van der Waals surface area contributed by atoms with Crippen LogP contribution >= 0.6 is 34.7 Å². The van der Waals surface area contributed by atoms with Crippen LogP contribution in [0.5, 0.6) is 11.5 Å². The molecule has 52 heavy (non-hydrogen) atoms. The number of rotatable bonds is 12. The van der Waals surface area contributed by atoms with E-state index in [0.717, 1.165) is 38.3 Å². The van der Waals surface area contributed by atoms with Crippen molar-refractivity contribution in [3.05, 3.63) is 33.8 Å². The number of nitrogen functional groups attached to an aromatic ring is 1. The Hall–Kier alpha value is -5.59. The summed E-state index contributed by atoms with van der Waals surface area (Å²) < 4.78 is 0. The summed E-state index contributed by atoms with van der Waals surface area (Å²) in [6.07, 6.45) is 0. The van der Waals surface area contributed by atoms with Crippen LogP contribution in [0.25, 0.3) is 0 Å². The number of nitrogens with one attached hydrogen (secondary N) is 2. The van der Waals surface area contributed by atoms with Gasteiger partial charge in [-0.1, -0.05) is 28.5 Å². The number of carbonyl (C=O) groups excluding carboxylic acids is 5. The molecule has 6 amide bonds. The number of carboxylic acids is 2. The number of carbonyl (C=O) groups is 7. The Bertz CT molecular complexity index is 1930. The molecule has 3 saturated heterocycles. The SMILES string of the molecule is CC(C)(O/N=C(\C(=O)NC1C(=O)N2C[C@@](C(=O)O)(N3CCN(NC(=O)CN(O)C(=O)c4ccc(O)c(O)c4Cl)C3=O)S[C@H]12)c1csc(N)n1)C(=O)O. The summed E-state index contributed by atoms with van der Waals surface area (Å²) in [4.78, 5) is 98.3. The van der Waals surface area contributed by atoms with Crippen LogP contribution < -0.4 is 16.5 Å². The van der Waals surface area contributed by atoms with E-state index in [9.17, 15) is 59.2 Å². The smallest absolute Gasteiger partial charge is 0.350 e. The number of β-lactam (4-membered cyclic amide) rings is 1. The molecule has 3 fully saturated rings. The summed E-state index contributed by atoms with van der Waals surface area (Å²) in [6, 6.07) is -0.414. The molecule has 1 unspecified atom stereocenters. The van der Waals surface area contributed by atoms with Gasteiger partial charge in [-0.3, -0.25) is 34.7 Å². The maximum Gasteiger partial charge on any atom is 0.350 e. The molecule has 1 aromatic heterocycles. The molecule has 1 aromatic carbocycles. The molecule has 0 saturated carbocycles. The normalized spacial score (nSPS) is 21.4. The minimum absolute atomic E-state index is 0.0410. The molecule has 0 aliphatic carbocycles. The van der Waals surface area contributed by atoms with Crippen molar-refractivity contribution < 1.29 is 64.0 Å². The summed E-state index contributed by atoms with van der Waals surface area (Å²) in [6.45, 7) is 0.300. The molecule has 3 aliphatic heterocycles. The Labute approximate surface area is 304 Å². The molecule has 3 aliphatic rings. The Morgan fingerprint density at radius 2 is 1.88 bits per heavy atom. The fourth-order valence-electron chi connectivity index (χ4n) is 5.04. The fraction of sp³-hybridized carbons (Fsp3) is 0.370. The zero-order chi connectivity index (χ0) is 38.4. The van der Waals surface area contributed by atoms with Crippen molar-refractivity contribution in [2.45, 2.75) is 35.7 Å². The minimum atomic E-state index is -2.08. The first kappa shape index (κ1) is 37.7. The Morgan fingerprint density at radius 1 is 1.19 bits per heavy atom. The van der Waals surface area contributed by atoms with Crippen molar-refractivity contribution in [1.29, 1.82) is 0 Å². The first-order valence-electron chi connectivity index (χ1n) is 14.6. The van der Waals surface area contributed by atoms with E-state index in [1.54, 1.807) is 0 Å². The van der Waals surface area contributed by atoms with Crippen LogP contribution in [0.1, 0.15) is 29.9 Å². The Balaban J connectivity index is 1.25. The standard InChI is InChI=1S/C27H28ClN9O13S2/c1-26(2,22(44)45)50-33-15(11-8-51-24(29)30-11)18(41)31-16-20(43)34-9-27(23(46)47,52-21(16)34)35-5-6-36(25(35)48)32-13(39)7-37(49)19(42)10-3-4-12(38)17(40)14(10)28/h3-4,8,16,21,38,40,49H,5-7,9H2,1-2H3,(H2,29,30)(H,31,41)(H,32,39)(H,44,45)(H,46,47)/b33-15-/t16?,21-,27-/m1/s1. The predicted octanol–water partition coefficient (Wildman–Crippen LogP) is -1.14. The third-order valence-electron chi connectivity index (χ3n) is 7.88. The van der Waals surface area contributed by atoms with E-state index < -0.39 is 104 Å². The zero-order valence-corrected chi connectivity index (χ0v) is 29.1. The number of hydrogen-bond acceptors (Lipinski definition) is 16. The molecule has 0 spiro atoms. The third kappa shape index (κ3) is 6.74.